The topological polar surface area (TPSA) is 55.6 Å². The van der Waals surface area contributed by atoms with Gasteiger partial charge in [-0.2, -0.15) is 0 Å². The molecule has 0 aliphatic heterocycles. The maximum Gasteiger partial charge on any atom is 0.257 e. The van der Waals surface area contributed by atoms with Gasteiger partial charge in [0.05, 0.1) is 12.2 Å². The Bertz CT molecular complexity index is 426. The van der Waals surface area contributed by atoms with Crippen LogP contribution in [0.2, 0.25) is 0 Å². The predicted octanol–water partition coefficient (Wildman–Crippen LogP) is 2.79. The molecule has 0 radical (unpaired) electrons. The van der Waals surface area contributed by atoms with Gasteiger partial charge in [-0.25, -0.2) is 0 Å². The number of nitrogens with two attached hydrogens (primary N) is 1. The second-order valence-electron chi connectivity index (χ2n) is 4.94. The zero-order valence-corrected chi connectivity index (χ0v) is 12.3. The lowest BCUT2D eigenvalue weighted by atomic mass is 10.1. The van der Waals surface area contributed by atoms with Gasteiger partial charge < -0.3 is 15.4 Å². The Hall–Kier alpha value is -1.71. The zero-order chi connectivity index (χ0) is 14.4. The van der Waals surface area contributed by atoms with Gasteiger partial charge in [0.2, 0.25) is 0 Å². The molecule has 0 aromatic heterocycles. The van der Waals surface area contributed by atoms with E-state index in [4.69, 9.17) is 10.5 Å². The van der Waals surface area contributed by atoms with Gasteiger partial charge in [-0.05, 0) is 38.0 Å². The minimum absolute atomic E-state index is 0.0314. The molecule has 4 nitrogen and oxygen atoms in total. The van der Waals surface area contributed by atoms with Gasteiger partial charge in [-0.1, -0.05) is 13.8 Å². The number of rotatable bonds is 6. The Balaban J connectivity index is 3.02. The highest BCUT2D eigenvalue weighted by molar-refractivity contribution is 5.97. The van der Waals surface area contributed by atoms with Crippen molar-refractivity contribution in [1.82, 2.24) is 4.90 Å². The summed E-state index contributed by atoms with van der Waals surface area (Å²) in [4.78, 5) is 14.2. The third-order valence-electron chi connectivity index (χ3n) is 2.86. The van der Waals surface area contributed by atoms with Crippen molar-refractivity contribution in [2.24, 2.45) is 5.92 Å². The smallest absolute Gasteiger partial charge is 0.257 e. The molecule has 1 rings (SSSR count). The van der Waals surface area contributed by atoms with Gasteiger partial charge >= 0.3 is 0 Å². The van der Waals surface area contributed by atoms with Gasteiger partial charge in [0.1, 0.15) is 5.75 Å². The van der Waals surface area contributed by atoms with Crippen molar-refractivity contribution in [2.75, 3.05) is 25.4 Å². The summed E-state index contributed by atoms with van der Waals surface area (Å²) < 4.78 is 5.71. The summed E-state index contributed by atoms with van der Waals surface area (Å²) in [6, 6.07) is 5.22. The summed E-state index contributed by atoms with van der Waals surface area (Å²) in [5, 5.41) is 0. The minimum atomic E-state index is -0.0314. The Morgan fingerprint density at radius 2 is 1.95 bits per heavy atom. The van der Waals surface area contributed by atoms with E-state index in [1.165, 1.54) is 0 Å². The molecule has 0 unspecified atom stereocenters. The standard InChI is InChI=1S/C15H24N2O2/c1-5-17(6-2)15(18)13-9-12(16)7-8-14(13)19-10-11(3)4/h7-9,11H,5-6,10,16H2,1-4H3. The first-order valence-electron chi connectivity index (χ1n) is 6.81. The first-order valence-corrected chi connectivity index (χ1v) is 6.81. The molecule has 0 saturated carbocycles. The summed E-state index contributed by atoms with van der Waals surface area (Å²) in [7, 11) is 0. The van der Waals surface area contributed by atoms with Crippen molar-refractivity contribution in [1.29, 1.82) is 0 Å². The number of hydrogen-bond donors (Lipinski definition) is 1. The van der Waals surface area contributed by atoms with Crippen LogP contribution in [-0.2, 0) is 0 Å². The van der Waals surface area contributed by atoms with Crippen molar-refractivity contribution in [3.05, 3.63) is 23.8 Å². The molecule has 0 heterocycles. The molecule has 106 valence electrons. The average molecular weight is 264 g/mol. The number of benzene rings is 1. The Kier molecular flexibility index (Phi) is 5.67. The number of carbonyl (C=O) groups is 1. The highest BCUT2D eigenvalue weighted by atomic mass is 16.5. The molecule has 4 heteroatoms. The lowest BCUT2D eigenvalue weighted by Crippen LogP contribution is -2.31. The van der Waals surface area contributed by atoms with E-state index in [2.05, 4.69) is 13.8 Å². The second-order valence-corrected chi connectivity index (χ2v) is 4.94. The Labute approximate surface area is 115 Å². The third kappa shape index (κ3) is 4.16. The SMILES string of the molecule is CCN(CC)C(=O)c1cc(N)ccc1OCC(C)C. The van der Waals surface area contributed by atoms with E-state index >= 15 is 0 Å². The largest absolute Gasteiger partial charge is 0.492 e. The number of nitrogens with zero attached hydrogens (tertiary/aromatic N) is 1. The molecule has 0 saturated heterocycles. The highest BCUT2D eigenvalue weighted by Gasteiger charge is 2.18. The van der Waals surface area contributed by atoms with Crippen LogP contribution in [0.5, 0.6) is 5.75 Å². The van der Waals surface area contributed by atoms with Crippen LogP contribution in [0.25, 0.3) is 0 Å². The molecule has 0 spiro atoms. The van der Waals surface area contributed by atoms with E-state index in [-0.39, 0.29) is 5.91 Å². The van der Waals surface area contributed by atoms with Crippen LogP contribution in [0.3, 0.4) is 0 Å². The van der Waals surface area contributed by atoms with Crippen LogP contribution >= 0.6 is 0 Å². The molecule has 0 fully saturated rings. The predicted molar refractivity (Wildman–Crippen MR) is 78.4 cm³/mol. The summed E-state index contributed by atoms with van der Waals surface area (Å²) in [5.74, 6) is 0.991. The molecular formula is C15H24N2O2. The van der Waals surface area contributed by atoms with Crippen molar-refractivity contribution in [3.8, 4) is 5.75 Å². The van der Waals surface area contributed by atoms with Crippen LogP contribution < -0.4 is 10.5 Å². The van der Waals surface area contributed by atoms with E-state index in [0.717, 1.165) is 0 Å². The van der Waals surface area contributed by atoms with Crippen LogP contribution in [0.4, 0.5) is 5.69 Å². The lowest BCUT2D eigenvalue weighted by molar-refractivity contribution is 0.0768. The minimum Gasteiger partial charge on any atom is -0.492 e. The number of anilines is 1. The maximum absolute atomic E-state index is 12.4. The number of amides is 1. The van der Waals surface area contributed by atoms with Crippen molar-refractivity contribution >= 4 is 11.6 Å². The van der Waals surface area contributed by atoms with E-state index < -0.39 is 0 Å². The molecule has 1 aromatic carbocycles. The number of carbonyl (C=O) groups excluding carboxylic acids is 1. The monoisotopic (exact) mass is 264 g/mol. The summed E-state index contributed by atoms with van der Waals surface area (Å²) in [6.45, 7) is 10.0. The third-order valence-corrected chi connectivity index (χ3v) is 2.86. The molecule has 0 bridgehead atoms. The molecule has 1 amide bonds. The molecule has 19 heavy (non-hydrogen) atoms. The summed E-state index contributed by atoms with van der Waals surface area (Å²) >= 11 is 0. The normalized spacial score (nSPS) is 10.6. The maximum atomic E-state index is 12.4. The van der Waals surface area contributed by atoms with E-state index in [1.54, 1.807) is 23.1 Å². The second kappa shape index (κ2) is 7.02. The van der Waals surface area contributed by atoms with Gasteiger partial charge in [0.15, 0.2) is 0 Å². The van der Waals surface area contributed by atoms with Gasteiger partial charge in [0, 0.05) is 18.8 Å². The van der Waals surface area contributed by atoms with Crippen LogP contribution in [0, 0.1) is 5.92 Å². The zero-order valence-electron chi connectivity index (χ0n) is 12.3. The van der Waals surface area contributed by atoms with Gasteiger partial charge in [0.25, 0.3) is 5.91 Å². The quantitative estimate of drug-likeness (QED) is 0.804. The Morgan fingerprint density at radius 3 is 2.47 bits per heavy atom. The Morgan fingerprint density at radius 1 is 1.32 bits per heavy atom. The molecule has 0 aliphatic carbocycles. The van der Waals surface area contributed by atoms with E-state index in [0.29, 0.717) is 42.6 Å². The van der Waals surface area contributed by atoms with Gasteiger partial charge in [-0.15, -0.1) is 0 Å². The fraction of sp³-hybridized carbons (Fsp3) is 0.533. The summed E-state index contributed by atoms with van der Waals surface area (Å²) in [6.07, 6.45) is 0. The van der Waals surface area contributed by atoms with Crippen LogP contribution in [0.15, 0.2) is 18.2 Å². The van der Waals surface area contributed by atoms with E-state index in [1.807, 2.05) is 13.8 Å². The molecule has 0 atom stereocenters. The number of nitrogen functional groups attached to an aromatic ring is 1. The van der Waals surface area contributed by atoms with Crippen LogP contribution in [-0.4, -0.2) is 30.5 Å². The average Bonchev–Trinajstić information content (AvgIpc) is 2.38. The number of ether oxygens (including phenoxy) is 1. The lowest BCUT2D eigenvalue weighted by Gasteiger charge is -2.21. The highest BCUT2D eigenvalue weighted by Crippen LogP contribution is 2.23. The number of hydrogen-bond acceptors (Lipinski definition) is 3. The summed E-state index contributed by atoms with van der Waals surface area (Å²) in [5.41, 5.74) is 6.90. The fourth-order valence-electron chi connectivity index (χ4n) is 1.78. The van der Waals surface area contributed by atoms with E-state index in [9.17, 15) is 4.79 Å². The van der Waals surface area contributed by atoms with Crippen molar-refractivity contribution in [3.63, 3.8) is 0 Å². The van der Waals surface area contributed by atoms with Gasteiger partial charge in [-0.3, -0.25) is 4.79 Å². The molecule has 1 aromatic rings. The molecule has 2 N–H and O–H groups in total. The fourth-order valence-corrected chi connectivity index (χ4v) is 1.78. The molecule has 0 aliphatic rings. The van der Waals surface area contributed by atoms with Crippen molar-refractivity contribution in [2.45, 2.75) is 27.7 Å². The first-order chi connectivity index (χ1) is 8.99. The van der Waals surface area contributed by atoms with Crippen molar-refractivity contribution < 1.29 is 9.53 Å². The molecular weight excluding hydrogens is 240 g/mol. The first kappa shape index (κ1) is 15.3. The van der Waals surface area contributed by atoms with Crippen LogP contribution in [0.1, 0.15) is 38.1 Å².